The third-order valence-corrected chi connectivity index (χ3v) is 10.6. The molecule has 1 heterocycles. The first-order valence-corrected chi connectivity index (χ1v) is 13.4. The molecule has 164 valence electrons. The molecule has 0 fully saturated rings. The van der Waals surface area contributed by atoms with E-state index in [1.165, 1.54) is 0 Å². The predicted octanol–water partition coefficient (Wildman–Crippen LogP) is 4.98. The van der Waals surface area contributed by atoms with Gasteiger partial charge in [0.05, 0.1) is 16.6 Å². The van der Waals surface area contributed by atoms with E-state index in [1.807, 2.05) is 48.5 Å². The average Bonchev–Trinajstić information content (AvgIpc) is 2.70. The molecule has 3 rings (SSSR count). The lowest BCUT2D eigenvalue weighted by molar-refractivity contribution is -0.139. The quantitative estimate of drug-likeness (QED) is 0.401. The second kappa shape index (κ2) is 8.76. The second-order valence-corrected chi connectivity index (χ2v) is 14.1. The summed E-state index contributed by atoms with van der Waals surface area (Å²) >= 11 is 0. The number of aliphatic carboxylic acids is 1. The lowest BCUT2D eigenvalue weighted by Gasteiger charge is -2.36. The Labute approximate surface area is 183 Å². The van der Waals surface area contributed by atoms with Gasteiger partial charge in [-0.15, -0.1) is 0 Å². The van der Waals surface area contributed by atoms with Crippen molar-refractivity contribution in [1.29, 1.82) is 0 Å². The fourth-order valence-corrected chi connectivity index (χ4v) is 4.28. The van der Waals surface area contributed by atoms with Crippen molar-refractivity contribution in [1.82, 2.24) is 10.3 Å². The van der Waals surface area contributed by atoms with Crippen LogP contribution in [0, 0.1) is 0 Å². The van der Waals surface area contributed by atoms with Gasteiger partial charge in [-0.05, 0) is 30.3 Å². The zero-order valence-electron chi connectivity index (χ0n) is 18.7. The molecule has 1 aromatic heterocycles. The Morgan fingerprint density at radius 1 is 1.03 bits per heavy atom. The van der Waals surface area contributed by atoms with Crippen molar-refractivity contribution in [2.45, 2.75) is 51.4 Å². The molecule has 1 amide bonds. The normalized spacial score (nSPS) is 13.3. The van der Waals surface area contributed by atoms with Gasteiger partial charge in [-0.3, -0.25) is 4.79 Å². The highest BCUT2D eigenvalue weighted by atomic mass is 28.4. The maximum atomic E-state index is 13.3. The first-order chi connectivity index (χ1) is 14.5. The number of para-hydroxylation sites is 2. The number of rotatable bonds is 7. The monoisotopic (exact) mass is 438 g/mol. The van der Waals surface area contributed by atoms with Crippen LogP contribution >= 0.6 is 0 Å². The number of hydrogen-bond acceptors (Lipinski definition) is 4. The van der Waals surface area contributed by atoms with Crippen LogP contribution in [0.1, 0.15) is 37.6 Å². The molecule has 0 radical (unpaired) electrons. The highest BCUT2D eigenvalue weighted by Gasteiger charge is 2.37. The standard InChI is InChI=1S/C24H30N2O4Si/c1-24(2,3)31(4,5)30-15-14-20(23(28)29)26-22(27)21-16-10-6-8-12-18(16)25-19-13-9-7-11-17(19)21/h6-13,20H,14-15H2,1-5H3,(H,26,27)(H,28,29)/t20-/m1/s1. The molecule has 0 aliphatic heterocycles. The molecule has 3 aromatic rings. The molecule has 7 heteroatoms. The van der Waals surface area contributed by atoms with Crippen molar-refractivity contribution < 1.29 is 19.1 Å². The number of nitrogens with zero attached hydrogens (tertiary/aromatic N) is 1. The van der Waals surface area contributed by atoms with Gasteiger partial charge < -0.3 is 14.8 Å². The molecule has 1 atom stereocenters. The summed E-state index contributed by atoms with van der Waals surface area (Å²) in [4.78, 5) is 29.8. The Hall–Kier alpha value is -2.77. The van der Waals surface area contributed by atoms with Crippen molar-refractivity contribution in [3.05, 3.63) is 54.1 Å². The summed E-state index contributed by atoms with van der Waals surface area (Å²) in [6.07, 6.45) is 0.203. The van der Waals surface area contributed by atoms with Crippen LogP contribution in [-0.4, -0.2) is 42.9 Å². The fourth-order valence-electron chi connectivity index (χ4n) is 3.22. The van der Waals surface area contributed by atoms with Gasteiger partial charge in [0.1, 0.15) is 6.04 Å². The van der Waals surface area contributed by atoms with Gasteiger partial charge in [-0.2, -0.15) is 0 Å². The van der Waals surface area contributed by atoms with E-state index in [0.29, 0.717) is 27.4 Å². The minimum absolute atomic E-state index is 0.0316. The van der Waals surface area contributed by atoms with E-state index in [9.17, 15) is 14.7 Å². The van der Waals surface area contributed by atoms with Gasteiger partial charge in [0.2, 0.25) is 0 Å². The summed E-state index contributed by atoms with van der Waals surface area (Å²) in [6.45, 7) is 10.9. The smallest absolute Gasteiger partial charge is 0.326 e. The topological polar surface area (TPSA) is 88.5 Å². The number of benzene rings is 2. The van der Waals surface area contributed by atoms with E-state index in [1.54, 1.807) is 0 Å². The zero-order valence-corrected chi connectivity index (χ0v) is 19.7. The number of aromatic nitrogens is 1. The first kappa shape index (κ1) is 22.9. The number of nitrogens with one attached hydrogen (secondary N) is 1. The summed E-state index contributed by atoms with van der Waals surface area (Å²) < 4.78 is 6.12. The van der Waals surface area contributed by atoms with Gasteiger partial charge in [0.25, 0.3) is 5.91 Å². The number of carboxylic acids is 1. The van der Waals surface area contributed by atoms with Gasteiger partial charge in [0.15, 0.2) is 8.32 Å². The predicted molar refractivity (Wildman–Crippen MR) is 126 cm³/mol. The van der Waals surface area contributed by atoms with E-state index in [4.69, 9.17) is 4.43 Å². The summed E-state index contributed by atoms with van der Waals surface area (Å²) in [6, 6.07) is 13.7. The lowest BCUT2D eigenvalue weighted by atomic mass is 10.0. The minimum Gasteiger partial charge on any atom is -0.480 e. The molecule has 0 saturated heterocycles. The van der Waals surface area contributed by atoms with Gasteiger partial charge in [-0.25, -0.2) is 9.78 Å². The molecule has 2 aromatic carbocycles. The maximum Gasteiger partial charge on any atom is 0.326 e. The molecule has 2 N–H and O–H groups in total. The van der Waals surface area contributed by atoms with Crippen LogP contribution in [0.4, 0.5) is 0 Å². The summed E-state index contributed by atoms with van der Waals surface area (Å²) in [5, 5.41) is 13.8. The van der Waals surface area contributed by atoms with E-state index < -0.39 is 26.2 Å². The van der Waals surface area contributed by atoms with E-state index in [-0.39, 0.29) is 18.1 Å². The number of carbonyl (C=O) groups is 2. The van der Waals surface area contributed by atoms with Crippen molar-refractivity contribution in [3.63, 3.8) is 0 Å². The number of fused-ring (bicyclic) bond motifs is 2. The van der Waals surface area contributed by atoms with E-state index in [0.717, 1.165) is 0 Å². The highest BCUT2D eigenvalue weighted by molar-refractivity contribution is 6.74. The molecular weight excluding hydrogens is 408 g/mol. The summed E-state index contributed by atoms with van der Waals surface area (Å²) in [5.74, 6) is -1.50. The summed E-state index contributed by atoms with van der Waals surface area (Å²) in [5.41, 5.74) is 1.83. The molecule has 0 aliphatic rings. The average molecular weight is 439 g/mol. The second-order valence-electron chi connectivity index (χ2n) is 9.28. The van der Waals surface area contributed by atoms with Gasteiger partial charge >= 0.3 is 5.97 Å². The van der Waals surface area contributed by atoms with Crippen LogP contribution in [0.5, 0.6) is 0 Å². The van der Waals surface area contributed by atoms with Crippen LogP contribution in [0.3, 0.4) is 0 Å². The van der Waals surface area contributed by atoms with Crippen LogP contribution < -0.4 is 5.32 Å². The Balaban J connectivity index is 1.86. The van der Waals surface area contributed by atoms with Crippen molar-refractivity contribution in [2.24, 2.45) is 0 Å². The van der Waals surface area contributed by atoms with Gasteiger partial charge in [0, 0.05) is 23.8 Å². The molecule has 6 nitrogen and oxygen atoms in total. The lowest BCUT2D eigenvalue weighted by Crippen LogP contribution is -2.44. The Morgan fingerprint density at radius 2 is 1.55 bits per heavy atom. The molecule has 0 saturated carbocycles. The molecule has 31 heavy (non-hydrogen) atoms. The largest absolute Gasteiger partial charge is 0.480 e. The molecule has 0 aliphatic carbocycles. The SMILES string of the molecule is CC(C)(C)[Si](C)(C)OCC[C@@H](NC(=O)c1c2ccccc2nc2ccccc12)C(=O)O. The maximum absolute atomic E-state index is 13.3. The molecule has 0 unspecified atom stereocenters. The van der Waals surface area contributed by atoms with Crippen molar-refractivity contribution >= 4 is 42.0 Å². The van der Waals surface area contributed by atoms with Crippen LogP contribution in [0.2, 0.25) is 18.1 Å². The Kier molecular flexibility index (Phi) is 6.47. The fraction of sp³-hybridized carbons (Fsp3) is 0.375. The molecular formula is C24H30N2O4Si. The van der Waals surface area contributed by atoms with Crippen LogP contribution in [-0.2, 0) is 9.22 Å². The number of carboxylic acid groups (broad SMARTS) is 1. The van der Waals surface area contributed by atoms with E-state index in [2.05, 4.69) is 44.2 Å². The first-order valence-electron chi connectivity index (χ1n) is 10.5. The van der Waals surface area contributed by atoms with Crippen molar-refractivity contribution in [3.8, 4) is 0 Å². The number of hydrogen-bond donors (Lipinski definition) is 2. The molecule has 0 bridgehead atoms. The third-order valence-electron chi connectivity index (χ3n) is 6.09. The minimum atomic E-state index is -2.00. The Morgan fingerprint density at radius 3 is 2.03 bits per heavy atom. The summed E-state index contributed by atoms with van der Waals surface area (Å²) in [7, 11) is -2.00. The number of pyridine rings is 1. The highest BCUT2D eigenvalue weighted by Crippen LogP contribution is 2.36. The zero-order chi connectivity index (χ0) is 22.8. The number of amides is 1. The van der Waals surface area contributed by atoms with E-state index >= 15 is 0 Å². The van der Waals surface area contributed by atoms with Crippen LogP contribution in [0.15, 0.2) is 48.5 Å². The van der Waals surface area contributed by atoms with Gasteiger partial charge in [-0.1, -0.05) is 57.2 Å². The molecule has 0 spiro atoms. The number of carbonyl (C=O) groups excluding carboxylic acids is 1. The Bertz CT molecular complexity index is 1070. The third kappa shape index (κ3) is 4.94. The van der Waals surface area contributed by atoms with Crippen LogP contribution in [0.25, 0.3) is 21.8 Å². The van der Waals surface area contributed by atoms with Crippen molar-refractivity contribution in [2.75, 3.05) is 6.61 Å².